The summed E-state index contributed by atoms with van der Waals surface area (Å²) in [6.07, 6.45) is 3.20. The summed E-state index contributed by atoms with van der Waals surface area (Å²) >= 11 is 7.80. The Kier molecular flexibility index (Phi) is 6.08. The standard InChI is InChI=1S/C26H20ClFN4O2S/c1-35-18-9-11-22(27)21(13-18)26(34)30-16-6-2-14-3-10-19-23(25(29)33)31-32(24(19)20(14)12-16)17-7-4-15(28)5-8-17/h2,4-9,11-13H,3,10H2,1H3,(H2,29,33)(H,30,34). The van der Waals surface area contributed by atoms with Crippen LogP contribution >= 0.6 is 23.4 Å². The summed E-state index contributed by atoms with van der Waals surface area (Å²) in [7, 11) is 0. The molecule has 5 rings (SSSR count). The number of hydrogen-bond acceptors (Lipinski definition) is 4. The van der Waals surface area contributed by atoms with Gasteiger partial charge < -0.3 is 11.1 Å². The molecule has 0 aliphatic heterocycles. The maximum Gasteiger partial charge on any atom is 0.269 e. The molecule has 0 spiro atoms. The average Bonchev–Trinajstić information content (AvgIpc) is 3.25. The second kappa shape index (κ2) is 9.20. The van der Waals surface area contributed by atoms with Crippen molar-refractivity contribution in [3.63, 3.8) is 0 Å². The molecule has 6 nitrogen and oxygen atoms in total. The van der Waals surface area contributed by atoms with Gasteiger partial charge in [0.05, 0.1) is 22.0 Å². The van der Waals surface area contributed by atoms with Gasteiger partial charge in [-0.2, -0.15) is 5.10 Å². The molecule has 0 unspecified atom stereocenters. The van der Waals surface area contributed by atoms with Crippen LogP contribution in [0.15, 0.2) is 65.6 Å². The third kappa shape index (κ3) is 4.31. The fourth-order valence-electron chi connectivity index (χ4n) is 4.29. The topological polar surface area (TPSA) is 90.0 Å². The molecule has 1 aliphatic rings. The van der Waals surface area contributed by atoms with Gasteiger partial charge in [0.25, 0.3) is 11.8 Å². The lowest BCUT2D eigenvalue weighted by Crippen LogP contribution is -2.16. The molecule has 3 N–H and O–H groups in total. The highest BCUT2D eigenvalue weighted by Gasteiger charge is 2.28. The molecule has 0 saturated carbocycles. The maximum absolute atomic E-state index is 13.5. The molecule has 0 saturated heterocycles. The number of nitrogens with two attached hydrogens (primary N) is 1. The van der Waals surface area contributed by atoms with Crippen LogP contribution in [0.5, 0.6) is 0 Å². The molecule has 35 heavy (non-hydrogen) atoms. The third-order valence-corrected chi connectivity index (χ3v) is 7.03. The maximum atomic E-state index is 13.5. The van der Waals surface area contributed by atoms with Crippen molar-refractivity contribution in [3.05, 3.63) is 93.9 Å². The Balaban J connectivity index is 1.58. The molecular formula is C26H20ClFN4O2S. The third-order valence-electron chi connectivity index (χ3n) is 5.97. The second-order valence-corrected chi connectivity index (χ2v) is 9.39. The molecular weight excluding hydrogens is 487 g/mol. The normalized spacial score (nSPS) is 12.1. The van der Waals surface area contributed by atoms with Crippen molar-refractivity contribution < 1.29 is 14.0 Å². The van der Waals surface area contributed by atoms with Gasteiger partial charge in [0.2, 0.25) is 0 Å². The molecule has 0 fully saturated rings. The van der Waals surface area contributed by atoms with Crippen molar-refractivity contribution in [2.75, 3.05) is 11.6 Å². The van der Waals surface area contributed by atoms with Gasteiger partial charge in [0.1, 0.15) is 5.82 Å². The minimum atomic E-state index is -0.627. The summed E-state index contributed by atoms with van der Waals surface area (Å²) in [6, 6.07) is 16.8. The van der Waals surface area contributed by atoms with Crippen LogP contribution in [-0.4, -0.2) is 27.9 Å². The first-order chi connectivity index (χ1) is 16.9. The number of carbonyl (C=O) groups excluding carboxylic acids is 2. The number of anilines is 1. The zero-order valence-corrected chi connectivity index (χ0v) is 20.2. The number of primary amides is 1. The van der Waals surface area contributed by atoms with Gasteiger partial charge in [-0.3, -0.25) is 9.59 Å². The summed E-state index contributed by atoms with van der Waals surface area (Å²) in [4.78, 5) is 26.1. The number of nitrogens with one attached hydrogen (secondary N) is 1. The minimum absolute atomic E-state index is 0.185. The van der Waals surface area contributed by atoms with E-state index in [4.69, 9.17) is 17.3 Å². The molecule has 3 aromatic carbocycles. The zero-order valence-electron chi connectivity index (χ0n) is 18.6. The summed E-state index contributed by atoms with van der Waals surface area (Å²) in [5.74, 6) is -1.33. The molecule has 9 heteroatoms. The van der Waals surface area contributed by atoms with E-state index in [1.165, 1.54) is 23.9 Å². The first kappa shape index (κ1) is 23.1. The number of thioether (sulfide) groups is 1. The number of halogens is 2. The van der Waals surface area contributed by atoms with Gasteiger partial charge in [0, 0.05) is 21.7 Å². The average molecular weight is 507 g/mol. The number of fused-ring (bicyclic) bond motifs is 3. The lowest BCUT2D eigenvalue weighted by atomic mass is 9.88. The van der Waals surface area contributed by atoms with E-state index in [0.29, 0.717) is 40.5 Å². The van der Waals surface area contributed by atoms with E-state index in [1.807, 2.05) is 30.5 Å². The van der Waals surface area contributed by atoms with Gasteiger partial charge in [-0.1, -0.05) is 17.7 Å². The quantitative estimate of drug-likeness (QED) is 0.349. The Morgan fingerprint density at radius 2 is 1.86 bits per heavy atom. The van der Waals surface area contributed by atoms with Gasteiger partial charge in [-0.15, -0.1) is 11.8 Å². The van der Waals surface area contributed by atoms with Crippen LogP contribution in [0.1, 0.15) is 32.0 Å². The van der Waals surface area contributed by atoms with Crippen LogP contribution in [0.25, 0.3) is 16.9 Å². The predicted octanol–water partition coefficient (Wildman–Crippen LogP) is 5.50. The molecule has 0 atom stereocenters. The summed E-state index contributed by atoms with van der Waals surface area (Å²) in [5, 5.41) is 7.76. The van der Waals surface area contributed by atoms with E-state index < -0.39 is 5.91 Å². The predicted molar refractivity (Wildman–Crippen MR) is 136 cm³/mol. The van der Waals surface area contributed by atoms with Crippen molar-refractivity contribution in [2.45, 2.75) is 17.7 Å². The lowest BCUT2D eigenvalue weighted by Gasteiger charge is -2.20. The van der Waals surface area contributed by atoms with Crippen molar-refractivity contribution in [2.24, 2.45) is 5.73 Å². The smallest absolute Gasteiger partial charge is 0.269 e. The van der Waals surface area contributed by atoms with Gasteiger partial charge >= 0.3 is 0 Å². The fourth-order valence-corrected chi connectivity index (χ4v) is 4.93. The molecule has 1 aromatic heterocycles. The molecule has 2 amide bonds. The van der Waals surface area contributed by atoms with Crippen LogP contribution in [0.4, 0.5) is 10.1 Å². The zero-order chi connectivity index (χ0) is 24.7. The number of rotatable bonds is 5. The number of hydrogen-bond donors (Lipinski definition) is 2. The Morgan fingerprint density at radius 3 is 2.57 bits per heavy atom. The Morgan fingerprint density at radius 1 is 1.09 bits per heavy atom. The highest BCUT2D eigenvalue weighted by Crippen LogP contribution is 2.38. The first-order valence-corrected chi connectivity index (χ1v) is 12.4. The minimum Gasteiger partial charge on any atom is -0.364 e. The number of amides is 2. The number of benzene rings is 3. The Hall–Kier alpha value is -3.62. The van der Waals surface area contributed by atoms with Crippen molar-refractivity contribution >= 4 is 40.9 Å². The number of aromatic nitrogens is 2. The molecule has 176 valence electrons. The van der Waals surface area contributed by atoms with Gasteiger partial charge in [-0.05, 0) is 79.3 Å². The van der Waals surface area contributed by atoms with E-state index in [2.05, 4.69) is 10.4 Å². The highest BCUT2D eigenvalue weighted by atomic mass is 35.5. The van der Waals surface area contributed by atoms with E-state index >= 15 is 0 Å². The Bertz CT molecular complexity index is 1480. The molecule has 0 radical (unpaired) electrons. The van der Waals surface area contributed by atoms with Crippen LogP contribution < -0.4 is 11.1 Å². The van der Waals surface area contributed by atoms with Crippen LogP contribution in [0.3, 0.4) is 0 Å². The molecule has 4 aromatic rings. The highest BCUT2D eigenvalue weighted by molar-refractivity contribution is 7.98. The van der Waals surface area contributed by atoms with Gasteiger partial charge in [0.15, 0.2) is 5.69 Å². The summed E-state index contributed by atoms with van der Waals surface area (Å²) in [5.41, 5.74) is 10.6. The van der Waals surface area contributed by atoms with Crippen LogP contribution in [-0.2, 0) is 12.8 Å². The van der Waals surface area contributed by atoms with Crippen molar-refractivity contribution in [1.82, 2.24) is 9.78 Å². The number of aryl methyl sites for hydroxylation is 1. The number of nitrogens with zero attached hydrogens (tertiary/aromatic N) is 2. The molecule has 1 heterocycles. The van der Waals surface area contributed by atoms with Gasteiger partial charge in [-0.25, -0.2) is 9.07 Å². The summed E-state index contributed by atoms with van der Waals surface area (Å²) in [6.45, 7) is 0. The first-order valence-electron chi connectivity index (χ1n) is 10.8. The Labute approximate surface area is 210 Å². The SMILES string of the molecule is CSc1ccc(Cl)c(C(=O)Nc2ccc3c(c2)-c2c(c(C(N)=O)nn2-c2ccc(F)cc2)CC3)c1. The van der Waals surface area contributed by atoms with E-state index in [0.717, 1.165) is 21.6 Å². The summed E-state index contributed by atoms with van der Waals surface area (Å²) < 4.78 is 15.2. The van der Waals surface area contributed by atoms with Crippen molar-refractivity contribution in [3.8, 4) is 16.9 Å². The fraction of sp³-hybridized carbons (Fsp3) is 0.115. The van der Waals surface area contributed by atoms with Crippen molar-refractivity contribution in [1.29, 1.82) is 0 Å². The molecule has 1 aliphatic carbocycles. The monoisotopic (exact) mass is 506 g/mol. The lowest BCUT2D eigenvalue weighted by molar-refractivity contribution is 0.0992. The largest absolute Gasteiger partial charge is 0.364 e. The van der Waals surface area contributed by atoms with E-state index in [9.17, 15) is 14.0 Å². The van der Waals surface area contributed by atoms with Crippen LogP contribution in [0, 0.1) is 5.82 Å². The molecule has 0 bridgehead atoms. The van der Waals surface area contributed by atoms with E-state index in [-0.39, 0.29) is 17.4 Å². The number of carbonyl (C=O) groups is 2. The van der Waals surface area contributed by atoms with E-state index in [1.54, 1.807) is 28.9 Å². The van der Waals surface area contributed by atoms with Crippen LogP contribution in [0.2, 0.25) is 5.02 Å². The second-order valence-electron chi connectivity index (χ2n) is 8.10.